The monoisotopic (exact) mass is 521 g/mol. The van der Waals surface area contributed by atoms with Crippen LogP contribution in [0.3, 0.4) is 0 Å². The van der Waals surface area contributed by atoms with Crippen molar-refractivity contribution < 1.29 is 28.7 Å². The van der Waals surface area contributed by atoms with Crippen molar-refractivity contribution in [3.8, 4) is 5.75 Å². The molecule has 2 fully saturated rings. The Hall–Kier alpha value is -3.52. The number of anilines is 1. The number of hydrogen-bond donors (Lipinski definition) is 0. The average molecular weight is 522 g/mol. The summed E-state index contributed by atoms with van der Waals surface area (Å²) in [5, 5.41) is 0.742. The van der Waals surface area contributed by atoms with Gasteiger partial charge in [-0.2, -0.15) is 0 Å². The van der Waals surface area contributed by atoms with Gasteiger partial charge in [0.25, 0.3) is 0 Å². The number of ether oxygens (including phenoxy) is 2. The number of nitrogens with zero attached hydrogens (tertiary/aromatic N) is 1. The largest absolute Gasteiger partial charge is 0.495 e. The molecule has 36 heavy (non-hydrogen) atoms. The lowest BCUT2D eigenvalue weighted by Gasteiger charge is -2.27. The number of rotatable bonds is 3. The van der Waals surface area contributed by atoms with Gasteiger partial charge in [-0.05, 0) is 35.9 Å². The lowest BCUT2D eigenvalue weighted by Crippen LogP contribution is -2.51. The van der Waals surface area contributed by atoms with Crippen LogP contribution in [0.4, 0.5) is 5.69 Å². The van der Waals surface area contributed by atoms with Crippen molar-refractivity contribution in [3.63, 3.8) is 0 Å². The molecule has 0 bridgehead atoms. The van der Waals surface area contributed by atoms with Crippen LogP contribution < -0.4 is 9.64 Å². The van der Waals surface area contributed by atoms with E-state index in [1.165, 1.54) is 31.4 Å². The first kappa shape index (κ1) is 22.9. The van der Waals surface area contributed by atoms with Crippen molar-refractivity contribution in [1.29, 1.82) is 0 Å². The summed E-state index contributed by atoms with van der Waals surface area (Å²) in [6.45, 7) is 0. The average Bonchev–Trinajstić information content (AvgIpc) is 3.44. The number of Topliss-reactive ketones (excluding diaryl/α,β-unsaturated/α-hetero) is 2. The predicted octanol–water partition coefficient (Wildman–Crippen LogP) is 4.70. The Kier molecular flexibility index (Phi) is 5.09. The molecule has 180 valence electrons. The van der Waals surface area contributed by atoms with Crippen molar-refractivity contribution in [2.24, 2.45) is 11.8 Å². The van der Waals surface area contributed by atoms with Gasteiger partial charge in [-0.25, -0.2) is 4.90 Å². The quantitative estimate of drug-likeness (QED) is 0.366. The van der Waals surface area contributed by atoms with Gasteiger partial charge in [-0.1, -0.05) is 59.6 Å². The van der Waals surface area contributed by atoms with Crippen molar-refractivity contribution in [3.05, 3.63) is 93.5 Å². The summed E-state index contributed by atoms with van der Waals surface area (Å²) in [5.74, 6) is -4.86. The third-order valence-electron chi connectivity index (χ3n) is 7.10. The molecule has 7 nitrogen and oxygen atoms in total. The Morgan fingerprint density at radius 2 is 1.44 bits per heavy atom. The molecule has 2 saturated heterocycles. The highest BCUT2D eigenvalue weighted by molar-refractivity contribution is 6.37. The number of methoxy groups -OCH3 is 1. The topological polar surface area (TPSA) is 90.0 Å². The number of imide groups is 1. The fourth-order valence-corrected chi connectivity index (χ4v) is 5.84. The van der Waals surface area contributed by atoms with Crippen LogP contribution in [-0.4, -0.2) is 36.1 Å². The molecule has 3 unspecified atom stereocenters. The number of amides is 2. The Morgan fingerprint density at radius 3 is 2.06 bits per heavy atom. The van der Waals surface area contributed by atoms with Crippen LogP contribution in [0.2, 0.25) is 10.0 Å². The molecule has 1 spiro atoms. The van der Waals surface area contributed by atoms with Crippen LogP contribution >= 0.6 is 23.2 Å². The van der Waals surface area contributed by atoms with Crippen LogP contribution in [0.1, 0.15) is 32.4 Å². The molecular weight excluding hydrogens is 505 g/mol. The minimum atomic E-state index is -2.16. The number of hydrogen-bond acceptors (Lipinski definition) is 6. The lowest BCUT2D eigenvalue weighted by molar-refractivity contribution is -0.127. The zero-order chi connectivity index (χ0) is 25.4. The SMILES string of the molecule is COc1ccc(Cl)cc1N1C(=O)C2C(c3ccc(Cl)cc3)OC3(C(=O)c4ccccc4C3=O)C2C1=O. The van der Waals surface area contributed by atoms with Gasteiger partial charge in [-0.15, -0.1) is 0 Å². The summed E-state index contributed by atoms with van der Waals surface area (Å²) in [6.07, 6.45) is -1.04. The molecule has 3 aliphatic rings. The molecule has 2 amide bonds. The first-order valence-corrected chi connectivity index (χ1v) is 11.9. The maximum Gasteiger partial charge on any atom is 0.241 e. The molecule has 2 aliphatic heterocycles. The number of halogens is 2. The molecule has 2 heterocycles. The van der Waals surface area contributed by atoms with Crippen LogP contribution in [0.5, 0.6) is 5.75 Å². The normalized spacial score (nSPS) is 24.0. The second-order valence-corrected chi connectivity index (χ2v) is 9.73. The molecule has 6 rings (SSSR count). The summed E-state index contributed by atoms with van der Waals surface area (Å²) < 4.78 is 11.6. The van der Waals surface area contributed by atoms with E-state index < -0.39 is 46.9 Å². The van der Waals surface area contributed by atoms with E-state index in [2.05, 4.69) is 0 Å². The van der Waals surface area contributed by atoms with Gasteiger partial charge in [0.15, 0.2) is 0 Å². The number of ketones is 2. The number of carbonyl (C=O) groups is 4. The van der Waals surface area contributed by atoms with Crippen LogP contribution in [-0.2, 0) is 14.3 Å². The Labute approximate surface area is 215 Å². The molecule has 3 aromatic rings. The molecule has 0 radical (unpaired) electrons. The van der Waals surface area contributed by atoms with E-state index in [0.717, 1.165) is 4.90 Å². The molecule has 0 saturated carbocycles. The Balaban J connectivity index is 1.56. The highest BCUT2D eigenvalue weighted by atomic mass is 35.5. The van der Waals surface area contributed by atoms with E-state index in [1.54, 1.807) is 42.5 Å². The molecule has 0 N–H and O–H groups in total. The summed E-state index contributed by atoms with van der Waals surface area (Å²) in [6, 6.07) is 17.4. The van der Waals surface area contributed by atoms with Gasteiger partial charge in [0.2, 0.25) is 29.0 Å². The summed E-state index contributed by atoms with van der Waals surface area (Å²) in [7, 11) is 1.40. The zero-order valence-corrected chi connectivity index (χ0v) is 20.2. The zero-order valence-electron chi connectivity index (χ0n) is 18.7. The molecule has 0 aromatic heterocycles. The second kappa shape index (κ2) is 8.00. The standard InChI is InChI=1S/C27H17Cl2NO6/c1-35-19-11-10-15(29)12-18(19)30-25(33)20-21(26(30)34)27(36-22(20)13-6-8-14(28)9-7-13)23(31)16-4-2-3-5-17(16)24(27)32/h2-12,20-22H,1H3. The number of fused-ring (bicyclic) bond motifs is 3. The van der Waals surface area contributed by atoms with E-state index in [-0.39, 0.29) is 27.6 Å². The summed E-state index contributed by atoms with van der Waals surface area (Å²) in [5.41, 5.74) is -1.18. The van der Waals surface area contributed by atoms with Crippen molar-refractivity contribution in [2.75, 3.05) is 12.0 Å². The van der Waals surface area contributed by atoms with Crippen LogP contribution in [0.25, 0.3) is 0 Å². The maximum absolute atomic E-state index is 14.0. The van der Waals surface area contributed by atoms with E-state index in [9.17, 15) is 19.2 Å². The van der Waals surface area contributed by atoms with Crippen molar-refractivity contribution in [1.82, 2.24) is 0 Å². The summed E-state index contributed by atoms with van der Waals surface area (Å²) >= 11 is 12.2. The van der Waals surface area contributed by atoms with Gasteiger partial charge in [-0.3, -0.25) is 19.2 Å². The lowest BCUT2D eigenvalue weighted by atomic mass is 9.77. The van der Waals surface area contributed by atoms with Crippen molar-refractivity contribution >= 4 is 52.3 Å². The van der Waals surface area contributed by atoms with Crippen LogP contribution in [0, 0.1) is 11.8 Å². The first-order valence-electron chi connectivity index (χ1n) is 11.1. The van der Waals surface area contributed by atoms with E-state index in [0.29, 0.717) is 10.6 Å². The predicted molar refractivity (Wildman–Crippen MR) is 131 cm³/mol. The highest BCUT2D eigenvalue weighted by Crippen LogP contribution is 2.58. The van der Waals surface area contributed by atoms with E-state index in [4.69, 9.17) is 32.7 Å². The van der Waals surface area contributed by atoms with E-state index in [1.807, 2.05) is 0 Å². The maximum atomic E-state index is 14.0. The van der Waals surface area contributed by atoms with Gasteiger partial charge < -0.3 is 9.47 Å². The smallest absolute Gasteiger partial charge is 0.241 e. The number of carbonyl (C=O) groups excluding carboxylic acids is 4. The fraction of sp³-hybridized carbons (Fsp3) is 0.185. The highest BCUT2D eigenvalue weighted by Gasteiger charge is 2.74. The van der Waals surface area contributed by atoms with Crippen molar-refractivity contribution in [2.45, 2.75) is 11.7 Å². The fourth-order valence-electron chi connectivity index (χ4n) is 5.55. The molecule has 1 aliphatic carbocycles. The van der Waals surface area contributed by atoms with Gasteiger partial charge in [0, 0.05) is 21.2 Å². The van der Waals surface area contributed by atoms with Gasteiger partial charge >= 0.3 is 0 Å². The Morgan fingerprint density at radius 1 is 0.833 bits per heavy atom. The van der Waals surface area contributed by atoms with Gasteiger partial charge in [0.05, 0.1) is 30.7 Å². The molecular formula is C27H17Cl2NO6. The minimum absolute atomic E-state index is 0.134. The minimum Gasteiger partial charge on any atom is -0.495 e. The second-order valence-electron chi connectivity index (χ2n) is 8.86. The molecule has 3 atom stereocenters. The molecule has 9 heteroatoms. The Bertz CT molecular complexity index is 1450. The first-order chi connectivity index (χ1) is 17.3. The van der Waals surface area contributed by atoms with Gasteiger partial charge in [0.1, 0.15) is 5.75 Å². The summed E-state index contributed by atoms with van der Waals surface area (Å²) in [4.78, 5) is 56.5. The number of benzene rings is 3. The van der Waals surface area contributed by atoms with E-state index >= 15 is 0 Å². The third-order valence-corrected chi connectivity index (χ3v) is 7.59. The molecule has 3 aromatic carbocycles. The van der Waals surface area contributed by atoms with Crippen LogP contribution in [0.15, 0.2) is 66.7 Å². The third kappa shape index (κ3) is 2.91.